The third-order valence-electron chi connectivity index (χ3n) is 8.94. The second-order valence-corrected chi connectivity index (χ2v) is 11.8. The summed E-state index contributed by atoms with van der Waals surface area (Å²) in [6.45, 7) is 4.71. The summed E-state index contributed by atoms with van der Waals surface area (Å²) in [4.78, 5) is 43.9. The molecule has 10 heteroatoms. The van der Waals surface area contributed by atoms with Gasteiger partial charge in [-0.2, -0.15) is 0 Å². The van der Waals surface area contributed by atoms with Crippen LogP contribution in [0.5, 0.6) is 5.75 Å². The maximum absolute atomic E-state index is 14.1. The number of aromatic hydroxyl groups is 1. The van der Waals surface area contributed by atoms with Gasteiger partial charge in [0, 0.05) is 37.2 Å². The van der Waals surface area contributed by atoms with Crippen LogP contribution in [0.25, 0.3) is 0 Å². The molecule has 4 atom stereocenters. The van der Waals surface area contributed by atoms with Gasteiger partial charge in [-0.3, -0.25) is 24.2 Å². The van der Waals surface area contributed by atoms with E-state index in [1.165, 1.54) is 7.05 Å². The lowest BCUT2D eigenvalue weighted by Crippen LogP contribution is -2.64. The van der Waals surface area contributed by atoms with Crippen molar-refractivity contribution in [2.24, 2.45) is 11.8 Å². The van der Waals surface area contributed by atoms with Crippen molar-refractivity contribution in [2.45, 2.75) is 49.8 Å². The van der Waals surface area contributed by atoms with Gasteiger partial charge in [-0.25, -0.2) is 0 Å². The number of allylic oxidation sites excluding steroid dienone is 1. The Balaban J connectivity index is 1.69. The van der Waals surface area contributed by atoms with E-state index in [2.05, 4.69) is 11.9 Å². The quantitative estimate of drug-likeness (QED) is 0.253. The molecule has 4 aliphatic rings. The molecular formula is C30H37N3O7. The highest BCUT2D eigenvalue weighted by Crippen LogP contribution is 2.54. The summed E-state index contributed by atoms with van der Waals surface area (Å²) in [5.74, 6) is -5.44. The number of carbonyl (C=O) groups is 3. The van der Waals surface area contributed by atoms with Crippen LogP contribution in [0.1, 0.15) is 52.2 Å². The van der Waals surface area contributed by atoms with Gasteiger partial charge in [0.15, 0.2) is 11.4 Å². The molecule has 4 aliphatic carbocycles. The zero-order valence-electron chi connectivity index (χ0n) is 23.3. The number of hydrogen-bond donors (Lipinski definition) is 5. The first-order valence-electron chi connectivity index (χ1n) is 13.6. The van der Waals surface area contributed by atoms with Gasteiger partial charge in [0.25, 0.3) is 5.91 Å². The number of nitrogens with zero attached hydrogens (tertiary/aromatic N) is 2. The Morgan fingerprint density at radius 3 is 2.42 bits per heavy atom. The van der Waals surface area contributed by atoms with Gasteiger partial charge >= 0.3 is 0 Å². The number of Topliss-reactive ketones (excluding diaryl/α,β-unsaturated/α-hetero) is 2. The monoisotopic (exact) mass is 551 g/mol. The molecule has 1 aromatic carbocycles. The topological polar surface area (TPSA) is 151 Å². The highest BCUT2D eigenvalue weighted by molar-refractivity contribution is 6.25. The Morgan fingerprint density at radius 2 is 1.85 bits per heavy atom. The number of hydrogen-bond acceptors (Lipinski definition) is 9. The molecule has 0 heterocycles. The van der Waals surface area contributed by atoms with E-state index in [1.807, 2.05) is 18.0 Å². The number of phenols is 1. The maximum Gasteiger partial charge on any atom is 0.258 e. The van der Waals surface area contributed by atoms with Crippen molar-refractivity contribution in [1.82, 2.24) is 15.1 Å². The molecule has 0 radical (unpaired) electrons. The first-order valence-corrected chi connectivity index (χ1v) is 13.6. The summed E-state index contributed by atoms with van der Waals surface area (Å²) in [7, 11) is 6.45. The Kier molecular flexibility index (Phi) is 6.92. The minimum Gasteiger partial charge on any atom is -0.510 e. The molecule has 5 N–H and O–H groups in total. The minimum absolute atomic E-state index is 0.101. The number of phenolic OH excluding ortho intramolecular Hbond substituents is 1. The largest absolute Gasteiger partial charge is 0.510 e. The average molecular weight is 552 g/mol. The summed E-state index contributed by atoms with van der Waals surface area (Å²) in [5.41, 5.74) is -0.941. The van der Waals surface area contributed by atoms with Gasteiger partial charge in [0.05, 0.1) is 11.6 Å². The van der Waals surface area contributed by atoms with Crippen LogP contribution < -0.4 is 5.32 Å². The van der Waals surface area contributed by atoms with E-state index in [-0.39, 0.29) is 29.2 Å². The average Bonchev–Trinajstić information content (AvgIpc) is 3.73. The smallest absolute Gasteiger partial charge is 0.258 e. The van der Waals surface area contributed by atoms with Crippen LogP contribution in [0.15, 0.2) is 41.4 Å². The van der Waals surface area contributed by atoms with Crippen LogP contribution in [0.2, 0.25) is 0 Å². The SMILES string of the molecule is C=CCN(C)Cc1cc(C2CC2)c2c(c1O)C(=O)C1=C(O)[C@]3(O)C(=O)C(C(=O)NC)=C(O)[C@@H](N(C)C)[C@@H]3C[C@@H]1C2. The van der Waals surface area contributed by atoms with Crippen LogP contribution in [-0.4, -0.2) is 94.1 Å². The molecule has 214 valence electrons. The van der Waals surface area contributed by atoms with Crippen LogP contribution in [0.4, 0.5) is 0 Å². The predicted molar refractivity (Wildman–Crippen MR) is 147 cm³/mol. The summed E-state index contributed by atoms with van der Waals surface area (Å²) in [6, 6.07) is 1.01. The molecule has 1 fully saturated rings. The van der Waals surface area contributed by atoms with Gasteiger partial charge < -0.3 is 25.7 Å². The molecule has 5 rings (SSSR count). The number of nitrogens with one attached hydrogen (secondary N) is 1. The number of aliphatic hydroxyl groups excluding tert-OH is 2. The lowest BCUT2D eigenvalue weighted by atomic mass is 9.58. The second kappa shape index (κ2) is 9.87. The number of aliphatic hydroxyl groups is 3. The Hall–Kier alpha value is -3.47. The molecule has 0 bridgehead atoms. The Bertz CT molecular complexity index is 1390. The fourth-order valence-corrected chi connectivity index (χ4v) is 6.97. The molecule has 0 spiro atoms. The number of carbonyl (C=O) groups excluding carboxylic acids is 3. The van der Waals surface area contributed by atoms with Crippen molar-refractivity contribution >= 4 is 17.5 Å². The maximum atomic E-state index is 14.1. The fraction of sp³-hybridized carbons (Fsp3) is 0.500. The predicted octanol–water partition coefficient (Wildman–Crippen LogP) is 1.88. The van der Waals surface area contributed by atoms with Gasteiger partial charge in [-0.1, -0.05) is 12.1 Å². The van der Waals surface area contributed by atoms with Crippen molar-refractivity contribution < 1.29 is 34.8 Å². The normalized spacial score (nSPS) is 28.0. The van der Waals surface area contributed by atoms with E-state index in [4.69, 9.17) is 0 Å². The van der Waals surface area contributed by atoms with Crippen molar-refractivity contribution in [3.8, 4) is 5.75 Å². The van der Waals surface area contributed by atoms with E-state index in [0.29, 0.717) is 25.1 Å². The second-order valence-electron chi connectivity index (χ2n) is 11.8. The molecule has 1 amide bonds. The van der Waals surface area contributed by atoms with Crippen molar-refractivity contribution in [1.29, 1.82) is 0 Å². The molecule has 0 aliphatic heterocycles. The zero-order valence-corrected chi connectivity index (χ0v) is 23.3. The van der Waals surface area contributed by atoms with Crippen LogP contribution in [-0.2, 0) is 22.6 Å². The third-order valence-corrected chi connectivity index (χ3v) is 8.94. The molecule has 0 aromatic heterocycles. The summed E-state index contributed by atoms with van der Waals surface area (Å²) < 4.78 is 0. The van der Waals surface area contributed by atoms with E-state index in [0.717, 1.165) is 24.0 Å². The molecule has 0 unspecified atom stereocenters. The number of fused-ring (bicyclic) bond motifs is 3. The molecule has 0 saturated heterocycles. The standard InChI is InChI=1S/C30H37N3O7/c1-6-9-33(5)13-16-11-17(14-7-8-14)18-10-15-12-19-23(32(3)4)26(36)22(29(39)31-2)28(38)30(19,40)27(37)20(15)25(35)21(18)24(16)34/h6,11,14-15,19,23,34,36-37,40H,1,7-10,12-13H2,2-5H3,(H,31,39)/t15-,19-,23-,30-/m0/s1. The molecule has 10 nitrogen and oxygen atoms in total. The first-order chi connectivity index (χ1) is 18.9. The lowest BCUT2D eigenvalue weighted by Gasteiger charge is -2.50. The molecule has 40 heavy (non-hydrogen) atoms. The summed E-state index contributed by atoms with van der Waals surface area (Å²) in [6.07, 6.45) is 4.14. The molecule has 1 saturated carbocycles. The summed E-state index contributed by atoms with van der Waals surface area (Å²) >= 11 is 0. The number of ketones is 2. The third kappa shape index (κ3) is 4.00. The number of likely N-dealkylation sites (N-methyl/N-ethyl adjacent to an activating group) is 3. The van der Waals surface area contributed by atoms with Crippen molar-refractivity contribution in [3.05, 3.63) is 63.6 Å². The van der Waals surface area contributed by atoms with Crippen molar-refractivity contribution in [3.63, 3.8) is 0 Å². The zero-order chi connectivity index (χ0) is 29.3. The Morgan fingerprint density at radius 1 is 1.18 bits per heavy atom. The first kappa shape index (κ1) is 28.1. The van der Waals surface area contributed by atoms with Crippen LogP contribution in [0, 0.1) is 11.8 Å². The molecule has 1 aromatic rings. The number of benzene rings is 1. The summed E-state index contributed by atoms with van der Waals surface area (Å²) in [5, 5.41) is 48.2. The minimum atomic E-state index is -2.60. The lowest BCUT2D eigenvalue weighted by molar-refractivity contribution is -0.148. The van der Waals surface area contributed by atoms with Crippen LogP contribution in [0.3, 0.4) is 0 Å². The Labute approximate surface area is 233 Å². The van der Waals surface area contributed by atoms with E-state index >= 15 is 0 Å². The fourth-order valence-electron chi connectivity index (χ4n) is 6.97. The van der Waals surface area contributed by atoms with E-state index in [1.54, 1.807) is 25.1 Å². The highest BCUT2D eigenvalue weighted by atomic mass is 16.3. The molecular weight excluding hydrogens is 514 g/mol. The number of rotatable bonds is 7. The highest BCUT2D eigenvalue weighted by Gasteiger charge is 2.63. The van der Waals surface area contributed by atoms with Gasteiger partial charge in [-0.05, 0) is 69.8 Å². The van der Waals surface area contributed by atoms with Gasteiger partial charge in [0.2, 0.25) is 5.78 Å². The van der Waals surface area contributed by atoms with Gasteiger partial charge in [-0.15, -0.1) is 6.58 Å². The van der Waals surface area contributed by atoms with E-state index in [9.17, 15) is 34.8 Å². The van der Waals surface area contributed by atoms with Crippen LogP contribution >= 0.6 is 0 Å². The van der Waals surface area contributed by atoms with E-state index < -0.39 is 58.0 Å². The number of amides is 1. The van der Waals surface area contributed by atoms with Crippen molar-refractivity contribution in [2.75, 3.05) is 34.7 Å². The van der Waals surface area contributed by atoms with Gasteiger partial charge in [0.1, 0.15) is 22.8 Å².